The number of aromatic amines is 1. The van der Waals surface area contributed by atoms with E-state index in [4.69, 9.17) is 9.47 Å². The first-order chi connectivity index (χ1) is 29.4. The van der Waals surface area contributed by atoms with Gasteiger partial charge in [-0.15, -0.1) is 23.1 Å². The second-order valence-electron chi connectivity index (χ2n) is 15.1. The fourth-order valence-corrected chi connectivity index (χ4v) is 9.10. The Kier molecular flexibility index (Phi) is 13.0. The summed E-state index contributed by atoms with van der Waals surface area (Å²) < 4.78 is 11.1. The lowest BCUT2D eigenvalue weighted by atomic mass is 10.0. The third kappa shape index (κ3) is 10.4. The Hall–Kier alpha value is -6.64. The number of rotatable bonds is 12. The van der Waals surface area contributed by atoms with Crippen LogP contribution in [0.25, 0.3) is 17.0 Å². The van der Waals surface area contributed by atoms with E-state index < -0.39 is 34.7 Å². The molecule has 12 nitrogen and oxygen atoms in total. The van der Waals surface area contributed by atoms with Gasteiger partial charge in [0.1, 0.15) is 21.5 Å². The molecule has 4 amide bonds. The number of ether oxygens (including phenoxy) is 2. The summed E-state index contributed by atoms with van der Waals surface area (Å²) >= 11 is 2.51. The number of hydrogen-bond acceptors (Lipinski definition) is 9. The van der Waals surface area contributed by atoms with E-state index in [0.29, 0.717) is 45.2 Å². The van der Waals surface area contributed by atoms with Crippen LogP contribution >= 0.6 is 23.1 Å². The lowest BCUT2D eigenvalue weighted by Crippen LogP contribution is -2.39. The standard InChI is InChI=1S/C47H45N5O7S2/c1-5-58-45(56)39-35-23-24-52(46(57)59-47(2,3)4)28-38(35)61-44(39)51-43(55)40(29-15-8-6-9-16-29)60-33-20-14-19-32(26-33)49-42(54)37(50-41(53)30-17-10-7-11-18-30)25-31-27-48-36-22-13-12-21-34(31)36/h6-22,25-27,40,48H,5,23-24,28H2,1-4H3,(H,49,54)(H,50,53)(H,51,55)/b37-25-. The second-order valence-corrected chi connectivity index (χ2v) is 17.4. The van der Waals surface area contributed by atoms with Crippen molar-refractivity contribution in [3.8, 4) is 0 Å². The molecular weight excluding hydrogens is 811 g/mol. The van der Waals surface area contributed by atoms with E-state index in [1.165, 1.54) is 23.1 Å². The summed E-state index contributed by atoms with van der Waals surface area (Å²) in [5.74, 6) is -1.92. The van der Waals surface area contributed by atoms with Gasteiger partial charge in [-0.1, -0.05) is 72.8 Å². The van der Waals surface area contributed by atoms with E-state index in [9.17, 15) is 24.0 Å². The fraction of sp³-hybridized carbons (Fsp3) is 0.213. The Labute approximate surface area is 361 Å². The van der Waals surface area contributed by atoms with Crippen molar-refractivity contribution in [3.63, 3.8) is 0 Å². The molecule has 1 unspecified atom stereocenters. The average Bonchev–Trinajstić information content (AvgIpc) is 3.83. The molecule has 6 aromatic rings. The third-order valence-electron chi connectivity index (χ3n) is 9.56. The maximum Gasteiger partial charge on any atom is 0.410 e. The number of carbonyl (C=O) groups is 5. The van der Waals surface area contributed by atoms with Crippen molar-refractivity contribution < 1.29 is 33.4 Å². The average molecular weight is 856 g/mol. The maximum atomic E-state index is 14.4. The van der Waals surface area contributed by atoms with Crippen molar-refractivity contribution in [2.24, 2.45) is 0 Å². The minimum absolute atomic E-state index is 0.0310. The van der Waals surface area contributed by atoms with Gasteiger partial charge in [-0.25, -0.2) is 9.59 Å². The van der Waals surface area contributed by atoms with Crippen molar-refractivity contribution in [3.05, 3.63) is 154 Å². The number of nitrogens with one attached hydrogen (secondary N) is 4. The number of hydrogen-bond donors (Lipinski definition) is 4. The lowest BCUT2D eigenvalue weighted by Gasteiger charge is -2.30. The first kappa shape index (κ1) is 42.5. The number of benzene rings is 4. The molecule has 0 fully saturated rings. The zero-order valence-corrected chi connectivity index (χ0v) is 35.7. The van der Waals surface area contributed by atoms with Crippen molar-refractivity contribution in [1.29, 1.82) is 0 Å². The highest BCUT2D eigenvalue weighted by atomic mass is 32.2. The van der Waals surface area contributed by atoms with Crippen LogP contribution in [0.1, 0.15) is 75.2 Å². The number of thioether (sulfide) groups is 1. The summed E-state index contributed by atoms with van der Waals surface area (Å²) in [7, 11) is 0. The first-order valence-corrected chi connectivity index (χ1v) is 21.4. The van der Waals surface area contributed by atoms with Gasteiger partial charge in [0.15, 0.2) is 0 Å². The van der Waals surface area contributed by atoms with E-state index in [-0.39, 0.29) is 30.3 Å². The zero-order chi connectivity index (χ0) is 43.1. The molecule has 1 aliphatic heterocycles. The molecular formula is C47H45N5O7S2. The SMILES string of the molecule is CCOC(=O)c1c(NC(=O)C(Sc2cccc(NC(=O)/C(=C/c3c[nH]c4ccccc34)NC(=O)c3ccccc3)c2)c2ccccc2)sc2c1CCN(C(=O)OC(C)(C)C)C2. The second kappa shape index (κ2) is 18.7. The molecule has 1 aliphatic rings. The van der Waals surface area contributed by atoms with Gasteiger partial charge in [-0.05, 0) is 87.7 Å². The Balaban J connectivity index is 1.14. The Morgan fingerprint density at radius 2 is 1.62 bits per heavy atom. The topological polar surface area (TPSA) is 159 Å². The minimum atomic E-state index is -0.790. The summed E-state index contributed by atoms with van der Waals surface area (Å²) in [6, 6.07) is 32.6. The zero-order valence-electron chi connectivity index (χ0n) is 34.1. The lowest BCUT2D eigenvalue weighted by molar-refractivity contribution is -0.116. The van der Waals surface area contributed by atoms with Crippen LogP contribution in [0.2, 0.25) is 0 Å². The molecule has 4 aromatic carbocycles. The van der Waals surface area contributed by atoms with Gasteiger partial charge in [-0.2, -0.15) is 0 Å². The van der Waals surface area contributed by atoms with Gasteiger partial charge in [0, 0.05) is 50.2 Å². The molecule has 0 aliphatic carbocycles. The van der Waals surface area contributed by atoms with Crippen LogP contribution in [0.5, 0.6) is 0 Å². The van der Waals surface area contributed by atoms with E-state index >= 15 is 0 Å². The molecule has 0 saturated carbocycles. The predicted octanol–water partition coefficient (Wildman–Crippen LogP) is 9.58. The molecule has 7 rings (SSSR count). The summed E-state index contributed by atoms with van der Waals surface area (Å²) in [6.45, 7) is 7.85. The highest BCUT2D eigenvalue weighted by Gasteiger charge is 2.34. The molecule has 0 spiro atoms. The normalized spacial score (nSPS) is 13.2. The number of amides is 4. The van der Waals surface area contributed by atoms with Crippen LogP contribution < -0.4 is 16.0 Å². The van der Waals surface area contributed by atoms with Crippen LogP contribution in [0, 0.1) is 0 Å². The molecule has 0 bridgehead atoms. The number of fused-ring (bicyclic) bond motifs is 2. The smallest absolute Gasteiger partial charge is 0.410 e. The number of para-hydroxylation sites is 1. The highest BCUT2D eigenvalue weighted by Crippen LogP contribution is 2.41. The van der Waals surface area contributed by atoms with Crippen LogP contribution in [0.15, 0.2) is 126 Å². The molecule has 0 radical (unpaired) electrons. The first-order valence-electron chi connectivity index (χ1n) is 19.7. The van der Waals surface area contributed by atoms with Crippen molar-refractivity contribution in [2.75, 3.05) is 23.8 Å². The molecule has 0 saturated heterocycles. The molecule has 312 valence electrons. The van der Waals surface area contributed by atoms with E-state index in [0.717, 1.165) is 21.3 Å². The highest BCUT2D eigenvalue weighted by molar-refractivity contribution is 8.00. The number of H-pyrrole nitrogens is 1. The van der Waals surface area contributed by atoms with Crippen LogP contribution in [0.4, 0.5) is 15.5 Å². The molecule has 3 heterocycles. The number of carbonyl (C=O) groups excluding carboxylic acids is 5. The Bertz CT molecular complexity index is 2610. The molecule has 1 atom stereocenters. The van der Waals surface area contributed by atoms with E-state index in [2.05, 4.69) is 20.9 Å². The van der Waals surface area contributed by atoms with E-state index in [1.54, 1.807) is 93.4 Å². The number of esters is 1. The van der Waals surface area contributed by atoms with Gasteiger partial charge in [0.2, 0.25) is 5.91 Å². The summed E-state index contributed by atoms with van der Waals surface area (Å²) in [4.78, 5) is 74.4. The number of anilines is 2. The maximum absolute atomic E-state index is 14.4. The third-order valence-corrected chi connectivity index (χ3v) is 11.9. The van der Waals surface area contributed by atoms with Gasteiger partial charge >= 0.3 is 12.1 Å². The van der Waals surface area contributed by atoms with Crippen molar-refractivity contribution >= 4 is 80.6 Å². The van der Waals surface area contributed by atoms with Gasteiger partial charge in [0.25, 0.3) is 11.8 Å². The summed E-state index contributed by atoms with van der Waals surface area (Å²) in [5.41, 5.74) is 3.52. The fourth-order valence-electron chi connectivity index (χ4n) is 6.76. The molecule has 4 N–H and O–H groups in total. The summed E-state index contributed by atoms with van der Waals surface area (Å²) in [6.07, 6.45) is 3.34. The van der Waals surface area contributed by atoms with Gasteiger partial charge in [0.05, 0.1) is 18.7 Å². The molecule has 14 heteroatoms. The molecule has 2 aromatic heterocycles. The van der Waals surface area contributed by atoms with Gasteiger partial charge < -0.3 is 35.3 Å². The van der Waals surface area contributed by atoms with Crippen LogP contribution in [-0.2, 0) is 32.0 Å². The molecule has 61 heavy (non-hydrogen) atoms. The summed E-state index contributed by atoms with van der Waals surface area (Å²) in [5, 5.41) is 9.20. The number of thiophene rings is 1. The largest absolute Gasteiger partial charge is 0.462 e. The predicted molar refractivity (Wildman–Crippen MR) is 240 cm³/mol. The van der Waals surface area contributed by atoms with Crippen LogP contribution in [-0.4, -0.2) is 58.4 Å². The Morgan fingerprint density at radius 3 is 2.36 bits per heavy atom. The van der Waals surface area contributed by atoms with E-state index in [1.807, 2.05) is 60.7 Å². The monoisotopic (exact) mass is 855 g/mol. The van der Waals surface area contributed by atoms with Gasteiger partial charge in [-0.3, -0.25) is 14.4 Å². The number of aromatic nitrogens is 1. The Morgan fingerprint density at radius 1 is 0.902 bits per heavy atom. The van der Waals surface area contributed by atoms with Crippen molar-refractivity contribution in [1.82, 2.24) is 15.2 Å². The van der Waals surface area contributed by atoms with Crippen molar-refractivity contribution in [2.45, 2.75) is 56.4 Å². The van der Waals surface area contributed by atoms with Crippen LogP contribution in [0.3, 0.4) is 0 Å². The number of nitrogens with zero attached hydrogens (tertiary/aromatic N) is 1. The quantitative estimate of drug-likeness (QED) is 0.0538. The minimum Gasteiger partial charge on any atom is -0.462 e.